The van der Waals surface area contributed by atoms with E-state index in [0.29, 0.717) is 11.5 Å². The molecule has 1 amide bonds. The molecular weight excluding hydrogens is 280 g/mol. The number of pyridine rings is 1. The van der Waals surface area contributed by atoms with Crippen LogP contribution >= 0.6 is 0 Å². The Bertz CT molecular complexity index is 656. The van der Waals surface area contributed by atoms with E-state index in [0.717, 1.165) is 11.4 Å². The van der Waals surface area contributed by atoms with Crippen LogP contribution in [0.3, 0.4) is 0 Å². The molecular formula is C16H18N4O2. The second-order valence-corrected chi connectivity index (χ2v) is 4.50. The normalized spacial score (nSPS) is 10.9. The molecule has 2 N–H and O–H groups in total. The number of methoxy groups -OCH3 is 1. The molecule has 0 bridgehead atoms. The number of nitrogens with one attached hydrogen (secondary N) is 2. The first kappa shape index (κ1) is 15.5. The summed E-state index contributed by atoms with van der Waals surface area (Å²) in [6, 6.07) is 12.9. The number of ether oxygens (including phenoxy) is 1. The fraction of sp³-hybridized carbons (Fsp3) is 0.188. The summed E-state index contributed by atoms with van der Waals surface area (Å²) in [4.78, 5) is 16.0. The molecule has 114 valence electrons. The molecule has 0 saturated heterocycles. The number of anilines is 1. The van der Waals surface area contributed by atoms with Crippen molar-refractivity contribution < 1.29 is 9.53 Å². The molecule has 0 fully saturated rings. The first-order valence-corrected chi connectivity index (χ1v) is 6.82. The lowest BCUT2D eigenvalue weighted by Crippen LogP contribution is -2.27. The van der Waals surface area contributed by atoms with Crippen molar-refractivity contribution in [2.45, 2.75) is 6.92 Å². The van der Waals surface area contributed by atoms with Gasteiger partial charge in [-0.15, -0.1) is 0 Å². The van der Waals surface area contributed by atoms with E-state index in [1.165, 1.54) is 0 Å². The zero-order valence-electron chi connectivity index (χ0n) is 12.5. The fourth-order valence-corrected chi connectivity index (χ4v) is 1.79. The number of para-hydroxylation sites is 2. The quantitative estimate of drug-likeness (QED) is 0.632. The summed E-state index contributed by atoms with van der Waals surface area (Å²) in [5, 5.41) is 7.04. The van der Waals surface area contributed by atoms with Gasteiger partial charge in [0.05, 0.1) is 30.7 Å². The second kappa shape index (κ2) is 7.78. The molecule has 0 aliphatic rings. The molecule has 0 saturated carbocycles. The van der Waals surface area contributed by atoms with E-state index in [9.17, 15) is 4.79 Å². The van der Waals surface area contributed by atoms with E-state index in [-0.39, 0.29) is 12.5 Å². The molecule has 1 aromatic heterocycles. The molecule has 2 rings (SSSR count). The largest absolute Gasteiger partial charge is 0.495 e. The summed E-state index contributed by atoms with van der Waals surface area (Å²) in [5.41, 5.74) is 4.62. The molecule has 1 heterocycles. The average molecular weight is 298 g/mol. The SMILES string of the molecule is COc1ccccc1NCC(=O)NN=C(C)c1ccccn1. The van der Waals surface area contributed by atoms with Gasteiger partial charge in [-0.1, -0.05) is 18.2 Å². The van der Waals surface area contributed by atoms with Crippen LogP contribution in [0.2, 0.25) is 0 Å². The number of nitrogens with zero attached hydrogens (tertiary/aromatic N) is 2. The molecule has 22 heavy (non-hydrogen) atoms. The highest BCUT2D eigenvalue weighted by Crippen LogP contribution is 2.22. The average Bonchev–Trinajstić information content (AvgIpc) is 2.58. The maximum Gasteiger partial charge on any atom is 0.259 e. The van der Waals surface area contributed by atoms with Crippen molar-refractivity contribution in [1.29, 1.82) is 0 Å². The first-order chi connectivity index (χ1) is 10.7. The van der Waals surface area contributed by atoms with E-state index >= 15 is 0 Å². The molecule has 0 aliphatic heterocycles. The lowest BCUT2D eigenvalue weighted by atomic mass is 10.3. The summed E-state index contributed by atoms with van der Waals surface area (Å²) in [7, 11) is 1.58. The maximum atomic E-state index is 11.8. The number of rotatable bonds is 6. The predicted molar refractivity (Wildman–Crippen MR) is 86.1 cm³/mol. The minimum atomic E-state index is -0.249. The van der Waals surface area contributed by atoms with E-state index < -0.39 is 0 Å². The third kappa shape index (κ3) is 4.31. The molecule has 6 nitrogen and oxygen atoms in total. The lowest BCUT2D eigenvalue weighted by molar-refractivity contribution is -0.119. The Labute approximate surface area is 129 Å². The molecule has 0 aliphatic carbocycles. The maximum absolute atomic E-state index is 11.8. The topological polar surface area (TPSA) is 75.6 Å². The van der Waals surface area contributed by atoms with Gasteiger partial charge in [-0.05, 0) is 31.2 Å². The first-order valence-electron chi connectivity index (χ1n) is 6.82. The Kier molecular flexibility index (Phi) is 5.48. The van der Waals surface area contributed by atoms with Gasteiger partial charge in [0.2, 0.25) is 0 Å². The van der Waals surface area contributed by atoms with Crippen molar-refractivity contribution in [3.8, 4) is 5.75 Å². The Hall–Kier alpha value is -2.89. The molecule has 0 unspecified atom stereocenters. The number of hydrogen-bond donors (Lipinski definition) is 2. The molecule has 6 heteroatoms. The molecule has 0 atom stereocenters. The number of aromatic nitrogens is 1. The van der Waals surface area contributed by atoms with Crippen LogP contribution in [-0.4, -0.2) is 30.3 Å². The van der Waals surface area contributed by atoms with Crippen molar-refractivity contribution in [2.24, 2.45) is 5.10 Å². The monoisotopic (exact) mass is 298 g/mol. The molecule has 0 spiro atoms. The van der Waals surface area contributed by atoms with Crippen LogP contribution in [-0.2, 0) is 4.79 Å². The number of amides is 1. The number of carbonyl (C=O) groups is 1. The Morgan fingerprint density at radius 1 is 1.23 bits per heavy atom. The van der Waals surface area contributed by atoms with E-state index in [2.05, 4.69) is 20.8 Å². The van der Waals surface area contributed by atoms with Gasteiger partial charge in [-0.2, -0.15) is 5.10 Å². The van der Waals surface area contributed by atoms with Crippen molar-refractivity contribution in [1.82, 2.24) is 10.4 Å². The van der Waals surface area contributed by atoms with Gasteiger partial charge in [0.25, 0.3) is 5.91 Å². The highest BCUT2D eigenvalue weighted by atomic mass is 16.5. The van der Waals surface area contributed by atoms with Crippen molar-refractivity contribution in [3.05, 3.63) is 54.4 Å². The highest BCUT2D eigenvalue weighted by molar-refractivity contribution is 5.97. The smallest absolute Gasteiger partial charge is 0.259 e. The lowest BCUT2D eigenvalue weighted by Gasteiger charge is -2.10. The summed E-state index contributed by atoms with van der Waals surface area (Å²) in [5.74, 6) is 0.435. The van der Waals surface area contributed by atoms with Crippen LogP contribution in [0.5, 0.6) is 5.75 Å². The Balaban J connectivity index is 1.88. The van der Waals surface area contributed by atoms with Gasteiger partial charge in [0.1, 0.15) is 5.75 Å². The Morgan fingerprint density at radius 3 is 2.73 bits per heavy atom. The number of carbonyl (C=O) groups excluding carboxylic acids is 1. The van der Waals surface area contributed by atoms with Gasteiger partial charge >= 0.3 is 0 Å². The fourth-order valence-electron chi connectivity index (χ4n) is 1.79. The van der Waals surface area contributed by atoms with Gasteiger partial charge < -0.3 is 10.1 Å². The summed E-state index contributed by atoms with van der Waals surface area (Å²) in [6.07, 6.45) is 1.68. The highest BCUT2D eigenvalue weighted by Gasteiger charge is 2.05. The van der Waals surface area contributed by atoms with Crippen LogP contribution < -0.4 is 15.5 Å². The third-order valence-electron chi connectivity index (χ3n) is 2.93. The Morgan fingerprint density at radius 2 is 2.00 bits per heavy atom. The third-order valence-corrected chi connectivity index (χ3v) is 2.93. The predicted octanol–water partition coefficient (Wildman–Crippen LogP) is 2.04. The van der Waals surface area contributed by atoms with E-state index in [1.54, 1.807) is 20.2 Å². The van der Waals surface area contributed by atoms with Crippen LogP contribution in [0.4, 0.5) is 5.69 Å². The van der Waals surface area contributed by atoms with E-state index in [4.69, 9.17) is 4.74 Å². The minimum Gasteiger partial charge on any atom is -0.495 e. The van der Waals surface area contributed by atoms with Gasteiger partial charge in [-0.3, -0.25) is 9.78 Å². The van der Waals surface area contributed by atoms with Crippen LogP contribution in [0, 0.1) is 0 Å². The van der Waals surface area contributed by atoms with Crippen LogP contribution in [0.25, 0.3) is 0 Å². The van der Waals surface area contributed by atoms with Crippen LogP contribution in [0.15, 0.2) is 53.8 Å². The standard InChI is InChI=1S/C16H18N4O2/c1-12(13-7-5-6-10-17-13)19-20-16(21)11-18-14-8-3-4-9-15(14)22-2/h3-10,18H,11H2,1-2H3,(H,20,21). The van der Waals surface area contributed by atoms with Crippen molar-refractivity contribution >= 4 is 17.3 Å². The zero-order chi connectivity index (χ0) is 15.8. The second-order valence-electron chi connectivity index (χ2n) is 4.50. The summed E-state index contributed by atoms with van der Waals surface area (Å²) < 4.78 is 5.20. The summed E-state index contributed by atoms with van der Waals surface area (Å²) in [6.45, 7) is 1.88. The van der Waals surface area contributed by atoms with Gasteiger partial charge in [0.15, 0.2) is 0 Å². The van der Waals surface area contributed by atoms with Crippen molar-refractivity contribution in [2.75, 3.05) is 19.0 Å². The van der Waals surface area contributed by atoms with Crippen LogP contribution in [0.1, 0.15) is 12.6 Å². The number of benzene rings is 1. The number of hydrogen-bond acceptors (Lipinski definition) is 5. The molecule has 0 radical (unpaired) electrons. The number of hydrazone groups is 1. The molecule has 2 aromatic rings. The summed E-state index contributed by atoms with van der Waals surface area (Å²) >= 11 is 0. The van der Waals surface area contributed by atoms with Gasteiger partial charge in [0, 0.05) is 6.20 Å². The van der Waals surface area contributed by atoms with Gasteiger partial charge in [-0.25, -0.2) is 5.43 Å². The minimum absolute atomic E-state index is 0.0966. The zero-order valence-corrected chi connectivity index (χ0v) is 12.5. The van der Waals surface area contributed by atoms with Crippen molar-refractivity contribution in [3.63, 3.8) is 0 Å². The van der Waals surface area contributed by atoms with E-state index in [1.807, 2.05) is 42.5 Å². The molecule has 1 aromatic carbocycles.